The van der Waals surface area contributed by atoms with Crippen molar-refractivity contribution in [2.75, 3.05) is 12.3 Å². The number of ether oxygens (including phenoxy) is 1. The molecule has 18 heavy (non-hydrogen) atoms. The molecular formula is C8H14N4O5Si. The van der Waals surface area contributed by atoms with E-state index in [2.05, 4.69) is 9.97 Å². The van der Waals surface area contributed by atoms with E-state index in [4.69, 9.17) is 20.0 Å². The van der Waals surface area contributed by atoms with E-state index in [0.29, 0.717) is 0 Å². The highest BCUT2D eigenvalue weighted by molar-refractivity contribution is 5.98. The van der Waals surface area contributed by atoms with Crippen LogP contribution in [0.4, 0.5) is 5.95 Å². The van der Waals surface area contributed by atoms with Crippen molar-refractivity contribution in [1.29, 1.82) is 0 Å². The summed E-state index contributed by atoms with van der Waals surface area (Å²) >= 11 is 0. The van der Waals surface area contributed by atoms with Crippen molar-refractivity contribution in [2.24, 2.45) is 0 Å². The molecule has 0 spiro atoms. The Morgan fingerprint density at radius 1 is 1.78 bits per heavy atom. The van der Waals surface area contributed by atoms with Gasteiger partial charge in [-0.05, 0) is 0 Å². The molecular weight excluding hydrogens is 260 g/mol. The SMILES string of the molecule is Nc1ncn([C@@]2(O[SiH3])C[C@H](O)[C@@H](CO)O2)c(=O)n1. The first-order chi connectivity index (χ1) is 8.52. The van der Waals surface area contributed by atoms with Crippen LogP contribution in [-0.2, 0) is 15.1 Å². The Bertz CT molecular complexity index is 497. The van der Waals surface area contributed by atoms with Gasteiger partial charge in [-0.15, -0.1) is 0 Å². The van der Waals surface area contributed by atoms with E-state index in [0.717, 1.165) is 10.9 Å². The second-order valence-corrected chi connectivity index (χ2v) is 4.30. The molecule has 2 heterocycles. The lowest BCUT2D eigenvalue weighted by molar-refractivity contribution is -0.238. The molecule has 1 aliphatic rings. The van der Waals surface area contributed by atoms with Crippen molar-refractivity contribution in [1.82, 2.24) is 14.5 Å². The van der Waals surface area contributed by atoms with Crippen LogP contribution >= 0.6 is 0 Å². The fourth-order valence-corrected chi connectivity index (χ4v) is 2.34. The monoisotopic (exact) mass is 274 g/mol. The molecule has 0 radical (unpaired) electrons. The zero-order valence-electron chi connectivity index (χ0n) is 9.68. The number of aromatic nitrogens is 3. The number of nitrogens with zero attached hydrogens (tertiary/aromatic N) is 3. The van der Waals surface area contributed by atoms with Gasteiger partial charge in [0.2, 0.25) is 5.95 Å². The summed E-state index contributed by atoms with van der Waals surface area (Å²) in [6.45, 7) is -0.377. The summed E-state index contributed by atoms with van der Waals surface area (Å²) in [6, 6.07) is 0. The fraction of sp³-hybridized carbons (Fsp3) is 0.625. The summed E-state index contributed by atoms with van der Waals surface area (Å²) in [5.41, 5.74) is 4.60. The minimum absolute atomic E-state index is 0.00884. The van der Waals surface area contributed by atoms with E-state index in [1.807, 2.05) is 0 Å². The van der Waals surface area contributed by atoms with E-state index < -0.39 is 23.8 Å². The minimum Gasteiger partial charge on any atom is -0.394 e. The van der Waals surface area contributed by atoms with Gasteiger partial charge in [-0.2, -0.15) is 4.98 Å². The van der Waals surface area contributed by atoms with E-state index >= 15 is 0 Å². The Labute approximate surface area is 105 Å². The van der Waals surface area contributed by atoms with Crippen LogP contribution in [-0.4, -0.2) is 54.0 Å². The van der Waals surface area contributed by atoms with Crippen molar-refractivity contribution < 1.29 is 19.4 Å². The summed E-state index contributed by atoms with van der Waals surface area (Å²) in [7, 11) is 0.257. The highest BCUT2D eigenvalue weighted by Gasteiger charge is 2.48. The molecule has 10 heteroatoms. The average Bonchev–Trinajstić information content (AvgIpc) is 2.67. The lowest BCUT2D eigenvalue weighted by Gasteiger charge is -2.28. The Morgan fingerprint density at radius 2 is 2.50 bits per heavy atom. The number of hydrogen-bond donors (Lipinski definition) is 3. The van der Waals surface area contributed by atoms with Crippen LogP contribution in [0.1, 0.15) is 6.42 Å². The maximum absolute atomic E-state index is 11.7. The molecule has 100 valence electrons. The maximum Gasteiger partial charge on any atom is 0.356 e. The molecule has 1 aliphatic heterocycles. The summed E-state index contributed by atoms with van der Waals surface area (Å²) < 4.78 is 11.7. The number of hydrogen-bond acceptors (Lipinski definition) is 8. The van der Waals surface area contributed by atoms with E-state index in [1.54, 1.807) is 0 Å². The van der Waals surface area contributed by atoms with Gasteiger partial charge in [-0.25, -0.2) is 14.3 Å². The smallest absolute Gasteiger partial charge is 0.356 e. The van der Waals surface area contributed by atoms with Gasteiger partial charge >= 0.3 is 5.69 Å². The van der Waals surface area contributed by atoms with E-state index in [9.17, 15) is 9.90 Å². The molecule has 2 rings (SSSR count). The van der Waals surface area contributed by atoms with Gasteiger partial charge < -0.3 is 25.1 Å². The molecule has 0 bridgehead atoms. The average molecular weight is 274 g/mol. The highest BCUT2D eigenvalue weighted by atomic mass is 28.2. The van der Waals surface area contributed by atoms with Crippen molar-refractivity contribution in [3.8, 4) is 0 Å². The molecule has 3 atom stereocenters. The van der Waals surface area contributed by atoms with Crippen LogP contribution < -0.4 is 11.4 Å². The Hall–Kier alpha value is -1.33. The Kier molecular flexibility index (Phi) is 3.45. The summed E-state index contributed by atoms with van der Waals surface area (Å²) in [5, 5.41) is 18.8. The van der Waals surface area contributed by atoms with Crippen LogP contribution in [0.5, 0.6) is 0 Å². The summed E-state index contributed by atoms with van der Waals surface area (Å²) in [4.78, 5) is 18.9. The van der Waals surface area contributed by atoms with E-state index in [-0.39, 0.29) is 29.5 Å². The molecule has 1 saturated heterocycles. The molecule has 0 aliphatic carbocycles. The van der Waals surface area contributed by atoms with Gasteiger partial charge in [-0.1, -0.05) is 0 Å². The third-order valence-corrected chi connectivity index (χ3v) is 3.46. The Balaban J connectivity index is 2.43. The number of rotatable bonds is 3. The number of aliphatic hydroxyl groups excluding tert-OH is 2. The second kappa shape index (κ2) is 4.74. The first kappa shape index (κ1) is 13.1. The molecule has 0 saturated carbocycles. The van der Waals surface area contributed by atoms with Crippen molar-refractivity contribution in [2.45, 2.75) is 24.5 Å². The molecule has 4 N–H and O–H groups in total. The lowest BCUT2D eigenvalue weighted by atomic mass is 10.2. The third-order valence-electron chi connectivity index (χ3n) is 2.82. The third kappa shape index (κ3) is 2.04. The zero-order valence-corrected chi connectivity index (χ0v) is 11.7. The quantitative estimate of drug-likeness (QED) is 0.479. The predicted octanol–water partition coefficient (Wildman–Crippen LogP) is -3.73. The lowest BCUT2D eigenvalue weighted by Crippen LogP contribution is -2.44. The number of aliphatic hydroxyl groups is 2. The summed E-state index contributed by atoms with van der Waals surface area (Å²) in [6.07, 6.45) is -0.596. The second-order valence-electron chi connectivity index (χ2n) is 3.89. The van der Waals surface area contributed by atoms with Gasteiger partial charge in [0.15, 0.2) is 10.5 Å². The van der Waals surface area contributed by atoms with Crippen LogP contribution in [0, 0.1) is 0 Å². The first-order valence-electron chi connectivity index (χ1n) is 5.26. The molecule has 9 nitrogen and oxygen atoms in total. The number of nitrogen functional groups attached to an aromatic ring is 1. The highest BCUT2D eigenvalue weighted by Crippen LogP contribution is 2.34. The first-order valence-corrected chi connectivity index (χ1v) is 6.07. The van der Waals surface area contributed by atoms with Crippen molar-refractivity contribution >= 4 is 16.4 Å². The van der Waals surface area contributed by atoms with Crippen LogP contribution in [0.2, 0.25) is 0 Å². The van der Waals surface area contributed by atoms with Crippen molar-refractivity contribution in [3.05, 3.63) is 16.8 Å². The van der Waals surface area contributed by atoms with Gasteiger partial charge in [-0.3, -0.25) is 0 Å². The normalized spacial score (nSPS) is 31.9. The molecule has 1 aromatic heterocycles. The summed E-state index contributed by atoms with van der Waals surface area (Å²) in [5.74, 6) is -1.62. The minimum atomic E-state index is -1.47. The van der Waals surface area contributed by atoms with Crippen molar-refractivity contribution in [3.63, 3.8) is 0 Å². The fourth-order valence-electron chi connectivity index (χ4n) is 1.88. The molecule has 1 fully saturated rings. The molecule has 1 aromatic rings. The molecule has 0 aromatic carbocycles. The standard InChI is InChI=1S/C8H14N4O5Si/c9-6-10-3-12(7(15)11-6)8(17-18)1-4(14)5(2-13)16-8/h3-5,13-14H,1-2H2,18H3,(H2,9,11,15)/t4-,5+,8-/m0/s1. The number of anilines is 1. The Morgan fingerprint density at radius 3 is 3.00 bits per heavy atom. The van der Waals surface area contributed by atoms with Gasteiger partial charge in [0.05, 0.1) is 19.1 Å². The van der Waals surface area contributed by atoms with Gasteiger partial charge in [0, 0.05) is 0 Å². The largest absolute Gasteiger partial charge is 0.394 e. The van der Waals surface area contributed by atoms with Crippen LogP contribution in [0.3, 0.4) is 0 Å². The number of nitrogens with two attached hydrogens (primary N) is 1. The van der Waals surface area contributed by atoms with E-state index in [1.165, 1.54) is 0 Å². The topological polar surface area (TPSA) is 133 Å². The van der Waals surface area contributed by atoms with Gasteiger partial charge in [0.25, 0.3) is 5.91 Å². The zero-order chi connectivity index (χ0) is 13.3. The molecule has 0 unspecified atom stereocenters. The van der Waals surface area contributed by atoms with Gasteiger partial charge in [0.1, 0.15) is 12.4 Å². The predicted molar refractivity (Wildman–Crippen MR) is 62.3 cm³/mol. The molecule has 0 amide bonds. The van der Waals surface area contributed by atoms with Crippen LogP contribution in [0.25, 0.3) is 0 Å². The van der Waals surface area contributed by atoms with Crippen LogP contribution in [0.15, 0.2) is 11.1 Å². The maximum atomic E-state index is 11.7.